The van der Waals surface area contributed by atoms with Gasteiger partial charge in [-0.2, -0.15) is 13.2 Å². The number of rotatable bonds is 8. The summed E-state index contributed by atoms with van der Waals surface area (Å²) in [5.41, 5.74) is 1.78. The highest BCUT2D eigenvalue weighted by atomic mass is 19.4. The Bertz CT molecular complexity index is 972. The molecule has 2 N–H and O–H groups in total. The lowest BCUT2D eigenvalue weighted by molar-refractivity contribution is -0.137. The van der Waals surface area contributed by atoms with Gasteiger partial charge in [0.15, 0.2) is 0 Å². The van der Waals surface area contributed by atoms with Gasteiger partial charge in [0.05, 0.1) is 18.2 Å². The van der Waals surface area contributed by atoms with Crippen molar-refractivity contribution in [2.75, 3.05) is 26.2 Å². The van der Waals surface area contributed by atoms with Crippen molar-refractivity contribution in [1.82, 2.24) is 10.2 Å². The molecule has 34 heavy (non-hydrogen) atoms. The van der Waals surface area contributed by atoms with Gasteiger partial charge in [0.25, 0.3) is 0 Å². The van der Waals surface area contributed by atoms with E-state index in [9.17, 15) is 23.1 Å². The second-order valence-electron chi connectivity index (χ2n) is 9.14. The molecule has 2 aliphatic heterocycles. The molecule has 0 unspecified atom stereocenters. The van der Waals surface area contributed by atoms with Crippen LogP contribution < -0.4 is 10.1 Å². The number of aryl methyl sites for hydroxylation is 2. The van der Waals surface area contributed by atoms with E-state index in [1.165, 1.54) is 12.1 Å². The molecular weight excluding hydrogens is 445 g/mol. The third-order valence-electron chi connectivity index (χ3n) is 6.58. The topological polar surface area (TPSA) is 61.8 Å². The monoisotopic (exact) mass is 476 g/mol. The van der Waals surface area contributed by atoms with Crippen LogP contribution in [0.25, 0.3) is 0 Å². The van der Waals surface area contributed by atoms with Crippen molar-refractivity contribution in [3.05, 3.63) is 64.7 Å². The molecule has 0 radical (unpaired) electrons. The van der Waals surface area contributed by atoms with Crippen LogP contribution in [0.3, 0.4) is 0 Å². The van der Waals surface area contributed by atoms with E-state index in [0.717, 1.165) is 62.2 Å². The fourth-order valence-corrected chi connectivity index (χ4v) is 4.64. The number of nitrogens with zero attached hydrogens (tertiary/aromatic N) is 1. The van der Waals surface area contributed by atoms with Crippen LogP contribution in [-0.4, -0.2) is 48.2 Å². The zero-order chi connectivity index (χ0) is 24.1. The predicted molar refractivity (Wildman–Crippen MR) is 123 cm³/mol. The number of amides is 1. The van der Waals surface area contributed by atoms with E-state index in [4.69, 9.17) is 4.74 Å². The van der Waals surface area contributed by atoms with Crippen molar-refractivity contribution in [2.24, 2.45) is 0 Å². The molecule has 8 heteroatoms. The van der Waals surface area contributed by atoms with Crippen molar-refractivity contribution < 1.29 is 27.8 Å². The highest BCUT2D eigenvalue weighted by molar-refractivity contribution is 5.76. The predicted octanol–water partition coefficient (Wildman–Crippen LogP) is 4.28. The Morgan fingerprint density at radius 2 is 1.82 bits per heavy atom. The number of likely N-dealkylation sites (tertiary alicyclic amines) is 1. The number of halogens is 3. The minimum atomic E-state index is -4.38. The fraction of sp³-hybridized carbons (Fsp3) is 0.500. The zero-order valence-corrected chi connectivity index (χ0v) is 19.1. The first-order chi connectivity index (χ1) is 16.3. The first-order valence-corrected chi connectivity index (χ1v) is 11.9. The highest BCUT2D eigenvalue weighted by Gasteiger charge is 2.30. The Morgan fingerprint density at radius 1 is 1.09 bits per heavy atom. The van der Waals surface area contributed by atoms with Gasteiger partial charge in [-0.25, -0.2) is 0 Å². The molecule has 2 aromatic carbocycles. The minimum absolute atomic E-state index is 0.127. The van der Waals surface area contributed by atoms with E-state index in [1.54, 1.807) is 0 Å². The van der Waals surface area contributed by atoms with E-state index in [2.05, 4.69) is 10.2 Å². The van der Waals surface area contributed by atoms with Crippen LogP contribution >= 0.6 is 0 Å². The molecule has 0 saturated carbocycles. The normalized spacial score (nSPS) is 18.1. The van der Waals surface area contributed by atoms with Crippen LogP contribution in [0.1, 0.15) is 54.0 Å². The van der Waals surface area contributed by atoms with Gasteiger partial charge < -0.3 is 20.1 Å². The number of alkyl halides is 3. The summed E-state index contributed by atoms with van der Waals surface area (Å²) in [5.74, 6) is 0.550. The molecule has 4 rings (SSSR count). The Kier molecular flexibility index (Phi) is 7.78. The van der Waals surface area contributed by atoms with Gasteiger partial charge in [-0.3, -0.25) is 4.79 Å². The molecule has 1 fully saturated rings. The smallest absolute Gasteiger partial charge is 0.416 e. The minimum Gasteiger partial charge on any atom is -0.493 e. The number of fused-ring (bicyclic) bond motifs is 1. The molecule has 184 valence electrons. The second kappa shape index (κ2) is 10.8. The largest absolute Gasteiger partial charge is 0.493 e. The van der Waals surface area contributed by atoms with E-state index in [-0.39, 0.29) is 12.3 Å². The van der Waals surface area contributed by atoms with Crippen LogP contribution in [0.5, 0.6) is 5.75 Å². The molecule has 2 atom stereocenters. The summed E-state index contributed by atoms with van der Waals surface area (Å²) in [5, 5.41) is 14.2. The van der Waals surface area contributed by atoms with E-state index in [0.29, 0.717) is 30.7 Å². The molecular formula is C26H31F3N2O3. The molecule has 0 spiro atoms. The Morgan fingerprint density at radius 3 is 2.53 bits per heavy atom. The maximum absolute atomic E-state index is 12.8. The lowest BCUT2D eigenvalue weighted by Gasteiger charge is -2.29. The lowest BCUT2D eigenvalue weighted by Crippen LogP contribution is -2.46. The number of nitrogens with one attached hydrogen (secondary N) is 1. The number of hydrogen-bond acceptors (Lipinski definition) is 4. The van der Waals surface area contributed by atoms with E-state index in [1.807, 2.05) is 18.2 Å². The summed E-state index contributed by atoms with van der Waals surface area (Å²) in [6.07, 6.45) is -0.715. The van der Waals surface area contributed by atoms with Crippen molar-refractivity contribution in [2.45, 2.75) is 56.8 Å². The van der Waals surface area contributed by atoms with Crippen LogP contribution in [-0.2, 0) is 23.8 Å². The average Bonchev–Trinajstić information content (AvgIpc) is 3.34. The number of carbonyl (C=O) groups excluding carboxylic acids is 1. The molecule has 2 aliphatic rings. The first-order valence-electron chi connectivity index (χ1n) is 11.9. The highest BCUT2D eigenvalue weighted by Crippen LogP contribution is 2.30. The number of carbonyl (C=O) groups is 1. The van der Waals surface area contributed by atoms with E-state index < -0.39 is 23.9 Å². The van der Waals surface area contributed by atoms with Gasteiger partial charge >= 0.3 is 6.18 Å². The van der Waals surface area contributed by atoms with Crippen LogP contribution in [0.4, 0.5) is 13.2 Å². The van der Waals surface area contributed by atoms with Gasteiger partial charge in [0.1, 0.15) is 11.9 Å². The summed E-state index contributed by atoms with van der Waals surface area (Å²) >= 11 is 0. The van der Waals surface area contributed by atoms with Crippen LogP contribution in [0.15, 0.2) is 42.5 Å². The number of aliphatic hydroxyl groups excluding tert-OH is 1. The summed E-state index contributed by atoms with van der Waals surface area (Å²) < 4.78 is 44.0. The number of hydrogen-bond donors (Lipinski definition) is 2. The van der Waals surface area contributed by atoms with Crippen LogP contribution in [0, 0.1) is 0 Å². The Balaban J connectivity index is 1.40. The quantitative estimate of drug-likeness (QED) is 0.597. The molecule has 5 nitrogen and oxygen atoms in total. The Hall–Kier alpha value is -2.58. The fourth-order valence-electron chi connectivity index (χ4n) is 4.64. The first kappa shape index (κ1) is 24.5. The zero-order valence-electron chi connectivity index (χ0n) is 19.1. The van der Waals surface area contributed by atoms with Gasteiger partial charge in [0.2, 0.25) is 5.91 Å². The number of aliphatic hydroxyl groups is 1. The molecule has 0 bridgehead atoms. The number of ether oxygens (including phenoxy) is 1. The van der Waals surface area contributed by atoms with Crippen molar-refractivity contribution in [1.29, 1.82) is 0 Å². The third kappa shape index (κ3) is 6.30. The Labute approximate surface area is 197 Å². The summed E-state index contributed by atoms with van der Waals surface area (Å²) in [6, 6.07) is 10.1. The van der Waals surface area contributed by atoms with Gasteiger partial charge in [-0.1, -0.05) is 24.3 Å². The standard InChI is InChI=1S/C26H31F3N2O3/c27-26(28,29)21-10-5-18(6-11-21)7-12-24(32)30-22(17-31-13-1-2-14-31)25(33)20-9-8-19-4-3-15-34-23(19)16-20/h5-6,8-11,16,22,25,33H,1-4,7,12-15,17H2,(H,30,32)/t22-,25-/m1/s1. The molecule has 1 amide bonds. The summed E-state index contributed by atoms with van der Waals surface area (Å²) in [6.45, 7) is 3.05. The average molecular weight is 477 g/mol. The van der Waals surface area contributed by atoms with Crippen molar-refractivity contribution in [3.8, 4) is 5.75 Å². The van der Waals surface area contributed by atoms with Crippen LogP contribution in [0.2, 0.25) is 0 Å². The van der Waals surface area contributed by atoms with Crippen molar-refractivity contribution in [3.63, 3.8) is 0 Å². The molecule has 0 aliphatic carbocycles. The number of benzene rings is 2. The van der Waals surface area contributed by atoms with Crippen molar-refractivity contribution >= 4 is 5.91 Å². The van der Waals surface area contributed by atoms with E-state index >= 15 is 0 Å². The molecule has 2 heterocycles. The summed E-state index contributed by atoms with van der Waals surface area (Å²) in [7, 11) is 0. The summed E-state index contributed by atoms with van der Waals surface area (Å²) in [4.78, 5) is 15.0. The second-order valence-corrected chi connectivity index (χ2v) is 9.14. The maximum atomic E-state index is 12.8. The SMILES string of the molecule is O=C(CCc1ccc(C(F)(F)F)cc1)N[C@H](CN1CCCC1)[C@H](O)c1ccc2c(c1)OCCC2. The van der Waals surface area contributed by atoms with Gasteiger partial charge in [-0.15, -0.1) is 0 Å². The molecule has 1 saturated heterocycles. The maximum Gasteiger partial charge on any atom is 0.416 e. The molecule has 0 aromatic heterocycles. The van der Waals surface area contributed by atoms with Gasteiger partial charge in [0, 0.05) is 13.0 Å². The molecule has 2 aromatic rings. The lowest BCUT2D eigenvalue weighted by atomic mass is 9.97. The third-order valence-corrected chi connectivity index (χ3v) is 6.58. The van der Waals surface area contributed by atoms with Gasteiger partial charge in [-0.05, 0) is 80.1 Å².